The summed E-state index contributed by atoms with van der Waals surface area (Å²) in [6.45, 7) is 3.20. The maximum Gasteiger partial charge on any atom is 0.101 e. The van der Waals surface area contributed by atoms with Crippen molar-refractivity contribution >= 4 is 5.69 Å². The molecule has 0 spiro atoms. The van der Waals surface area contributed by atoms with Crippen LogP contribution in [0.2, 0.25) is 0 Å². The van der Waals surface area contributed by atoms with E-state index in [1.807, 2.05) is 13.0 Å². The van der Waals surface area contributed by atoms with Crippen LogP contribution in [0.15, 0.2) is 18.2 Å². The summed E-state index contributed by atoms with van der Waals surface area (Å²) in [6.07, 6.45) is 5.34. The Labute approximate surface area is 103 Å². The molecule has 2 fully saturated rings. The van der Waals surface area contributed by atoms with E-state index in [1.165, 1.54) is 31.2 Å². The number of aryl methyl sites for hydroxylation is 1. The first-order valence-electron chi connectivity index (χ1n) is 6.55. The van der Waals surface area contributed by atoms with Gasteiger partial charge in [-0.2, -0.15) is 5.26 Å². The first-order valence-corrected chi connectivity index (χ1v) is 6.55. The molecule has 2 heteroatoms. The van der Waals surface area contributed by atoms with Gasteiger partial charge in [0, 0.05) is 12.6 Å². The second-order valence-electron chi connectivity index (χ2n) is 5.46. The second kappa shape index (κ2) is 4.07. The lowest BCUT2D eigenvalue weighted by molar-refractivity contribution is 0.718. The molecular weight excluding hydrogens is 208 g/mol. The highest BCUT2D eigenvalue weighted by atomic mass is 15.2. The van der Waals surface area contributed by atoms with E-state index >= 15 is 0 Å². The minimum absolute atomic E-state index is 0.699. The monoisotopic (exact) mass is 226 g/mol. The molecular formula is C15H18N2. The molecule has 1 aromatic carbocycles. The van der Waals surface area contributed by atoms with E-state index in [0.717, 1.165) is 23.7 Å². The maximum atomic E-state index is 9.27. The van der Waals surface area contributed by atoms with Gasteiger partial charge in [-0.05, 0) is 56.2 Å². The van der Waals surface area contributed by atoms with Crippen molar-refractivity contribution in [2.45, 2.75) is 38.6 Å². The molecule has 0 amide bonds. The van der Waals surface area contributed by atoms with Gasteiger partial charge in [0.1, 0.15) is 6.07 Å². The molecule has 2 aliphatic carbocycles. The zero-order valence-corrected chi connectivity index (χ0v) is 10.3. The van der Waals surface area contributed by atoms with E-state index < -0.39 is 0 Å². The highest BCUT2D eigenvalue weighted by Crippen LogP contribution is 2.38. The highest BCUT2D eigenvalue weighted by molar-refractivity contribution is 5.61. The summed E-state index contributed by atoms with van der Waals surface area (Å²) in [6, 6.07) is 9.32. The maximum absolute atomic E-state index is 9.27. The van der Waals surface area contributed by atoms with E-state index in [1.54, 1.807) is 0 Å². The van der Waals surface area contributed by atoms with E-state index in [9.17, 15) is 5.26 Å². The van der Waals surface area contributed by atoms with Crippen LogP contribution in [0.5, 0.6) is 0 Å². The van der Waals surface area contributed by atoms with Crippen molar-refractivity contribution in [3.8, 4) is 6.07 Å². The number of benzene rings is 1. The quantitative estimate of drug-likeness (QED) is 0.788. The third kappa shape index (κ3) is 2.29. The predicted octanol–water partition coefficient (Wildman–Crippen LogP) is 3.25. The summed E-state index contributed by atoms with van der Waals surface area (Å²) in [5.74, 6) is 0.878. The topological polar surface area (TPSA) is 27.0 Å². The molecule has 0 bridgehead atoms. The summed E-state index contributed by atoms with van der Waals surface area (Å²) in [4.78, 5) is 2.48. The molecule has 0 aromatic heterocycles. The summed E-state index contributed by atoms with van der Waals surface area (Å²) in [7, 11) is 0. The van der Waals surface area contributed by atoms with Gasteiger partial charge >= 0.3 is 0 Å². The van der Waals surface area contributed by atoms with E-state index in [-0.39, 0.29) is 0 Å². The Morgan fingerprint density at radius 3 is 2.65 bits per heavy atom. The van der Waals surface area contributed by atoms with Crippen molar-refractivity contribution in [2.24, 2.45) is 5.92 Å². The lowest BCUT2D eigenvalue weighted by Crippen LogP contribution is -2.28. The summed E-state index contributed by atoms with van der Waals surface area (Å²) >= 11 is 0. The van der Waals surface area contributed by atoms with Crippen LogP contribution in [-0.4, -0.2) is 12.6 Å². The van der Waals surface area contributed by atoms with Crippen LogP contribution >= 0.6 is 0 Å². The van der Waals surface area contributed by atoms with Gasteiger partial charge in [0.2, 0.25) is 0 Å². The largest absolute Gasteiger partial charge is 0.367 e. The molecule has 0 N–H and O–H groups in total. The normalized spacial score (nSPS) is 18.8. The van der Waals surface area contributed by atoms with Crippen LogP contribution in [-0.2, 0) is 0 Å². The van der Waals surface area contributed by atoms with Gasteiger partial charge in [0.25, 0.3) is 0 Å². The van der Waals surface area contributed by atoms with Crippen molar-refractivity contribution in [1.29, 1.82) is 5.26 Å². The molecule has 2 aliphatic rings. The van der Waals surface area contributed by atoms with Crippen molar-refractivity contribution in [1.82, 2.24) is 0 Å². The SMILES string of the molecule is Cc1ccc(N(CC2CC2)C2CC2)c(C#N)c1. The Balaban J connectivity index is 1.91. The summed E-state index contributed by atoms with van der Waals surface area (Å²) in [5, 5.41) is 9.27. The fourth-order valence-electron chi connectivity index (χ4n) is 2.40. The number of hydrogen-bond donors (Lipinski definition) is 0. The molecule has 0 aliphatic heterocycles. The lowest BCUT2D eigenvalue weighted by Gasteiger charge is -2.25. The fourth-order valence-corrected chi connectivity index (χ4v) is 2.40. The Morgan fingerprint density at radius 1 is 1.29 bits per heavy atom. The summed E-state index contributed by atoms with van der Waals surface area (Å²) in [5.41, 5.74) is 3.18. The van der Waals surface area contributed by atoms with Gasteiger partial charge in [-0.3, -0.25) is 0 Å². The van der Waals surface area contributed by atoms with Gasteiger partial charge in [0.15, 0.2) is 0 Å². The molecule has 1 aromatic rings. The third-order valence-corrected chi connectivity index (χ3v) is 3.72. The summed E-state index contributed by atoms with van der Waals surface area (Å²) < 4.78 is 0. The first kappa shape index (κ1) is 10.7. The number of rotatable bonds is 4. The van der Waals surface area contributed by atoms with E-state index in [0.29, 0.717) is 6.04 Å². The third-order valence-electron chi connectivity index (χ3n) is 3.72. The number of nitriles is 1. The van der Waals surface area contributed by atoms with Crippen molar-refractivity contribution in [2.75, 3.05) is 11.4 Å². The lowest BCUT2D eigenvalue weighted by atomic mass is 10.1. The van der Waals surface area contributed by atoms with Gasteiger partial charge in [-0.1, -0.05) is 6.07 Å². The standard InChI is InChI=1S/C15H18N2/c1-11-2-7-15(13(8-11)9-16)17(14-5-6-14)10-12-3-4-12/h2,7-8,12,14H,3-6,10H2,1H3. The molecule has 2 nitrogen and oxygen atoms in total. The second-order valence-corrected chi connectivity index (χ2v) is 5.46. The Hall–Kier alpha value is -1.49. The molecule has 17 heavy (non-hydrogen) atoms. The van der Waals surface area contributed by atoms with Gasteiger partial charge in [0.05, 0.1) is 11.3 Å². The molecule has 0 radical (unpaired) electrons. The molecule has 2 saturated carbocycles. The minimum Gasteiger partial charge on any atom is -0.367 e. The molecule has 0 heterocycles. The molecule has 0 saturated heterocycles. The van der Waals surface area contributed by atoms with Crippen LogP contribution in [0.1, 0.15) is 36.8 Å². The van der Waals surface area contributed by atoms with E-state index in [2.05, 4.69) is 23.1 Å². The molecule has 0 atom stereocenters. The smallest absolute Gasteiger partial charge is 0.101 e. The first-order chi connectivity index (χ1) is 8.28. The number of hydrogen-bond acceptors (Lipinski definition) is 2. The van der Waals surface area contributed by atoms with Crippen LogP contribution < -0.4 is 4.90 Å². The Bertz CT molecular complexity index is 464. The van der Waals surface area contributed by atoms with Crippen molar-refractivity contribution in [3.05, 3.63) is 29.3 Å². The number of nitrogens with zero attached hydrogens (tertiary/aromatic N) is 2. The molecule has 88 valence electrons. The fraction of sp³-hybridized carbons (Fsp3) is 0.533. The Kier molecular flexibility index (Phi) is 2.55. The van der Waals surface area contributed by atoms with Gasteiger partial charge in [-0.15, -0.1) is 0 Å². The number of anilines is 1. The molecule has 3 rings (SSSR count). The zero-order valence-electron chi connectivity index (χ0n) is 10.3. The van der Waals surface area contributed by atoms with Gasteiger partial charge in [-0.25, -0.2) is 0 Å². The predicted molar refractivity (Wildman–Crippen MR) is 69.0 cm³/mol. The van der Waals surface area contributed by atoms with Crippen molar-refractivity contribution in [3.63, 3.8) is 0 Å². The minimum atomic E-state index is 0.699. The average Bonchev–Trinajstić information content (AvgIpc) is 3.18. The van der Waals surface area contributed by atoms with Crippen LogP contribution in [0.3, 0.4) is 0 Å². The van der Waals surface area contributed by atoms with Crippen LogP contribution in [0.25, 0.3) is 0 Å². The highest BCUT2D eigenvalue weighted by Gasteiger charge is 2.34. The average molecular weight is 226 g/mol. The van der Waals surface area contributed by atoms with Crippen LogP contribution in [0.4, 0.5) is 5.69 Å². The van der Waals surface area contributed by atoms with Crippen molar-refractivity contribution < 1.29 is 0 Å². The zero-order chi connectivity index (χ0) is 11.8. The van der Waals surface area contributed by atoms with E-state index in [4.69, 9.17) is 0 Å². The van der Waals surface area contributed by atoms with Gasteiger partial charge < -0.3 is 4.90 Å². The van der Waals surface area contributed by atoms with Crippen LogP contribution in [0, 0.1) is 24.2 Å². The Morgan fingerprint density at radius 2 is 2.06 bits per heavy atom. The molecule has 0 unspecified atom stereocenters.